The van der Waals surface area contributed by atoms with Crippen molar-refractivity contribution in [2.45, 2.75) is 12.8 Å². The molecule has 0 aromatic carbocycles. The van der Waals surface area contributed by atoms with Crippen molar-refractivity contribution in [3.63, 3.8) is 0 Å². The van der Waals surface area contributed by atoms with Crippen LogP contribution in [0.25, 0.3) is 21.6 Å². The number of carbonyl (C=O) groups is 1. The smallest absolute Gasteiger partial charge is 0.225 e. The van der Waals surface area contributed by atoms with Gasteiger partial charge in [0, 0.05) is 51.1 Å². The largest absolute Gasteiger partial charge is 0.349 e. The maximum atomic E-state index is 12.1. The second-order valence-corrected chi connectivity index (χ2v) is 7.59. The predicted molar refractivity (Wildman–Crippen MR) is 102 cm³/mol. The summed E-state index contributed by atoms with van der Waals surface area (Å²) < 4.78 is 0. The van der Waals surface area contributed by atoms with Crippen molar-refractivity contribution < 1.29 is 4.79 Å². The first-order chi connectivity index (χ1) is 12.6. The molecule has 0 bridgehead atoms. The first-order valence-electron chi connectivity index (χ1n) is 8.61. The number of fused-ring (bicyclic) bond motifs is 1. The quantitative estimate of drug-likeness (QED) is 0.707. The summed E-state index contributed by atoms with van der Waals surface area (Å²) in [6.45, 7) is 1.70. The molecule has 134 valence electrons. The van der Waals surface area contributed by atoms with Crippen LogP contribution in [0.1, 0.15) is 12.8 Å². The number of carbonyl (C=O) groups excluding carboxylic acids is 1. The predicted octanol–water partition coefficient (Wildman–Crippen LogP) is 2.45. The number of hydrogen-bond acceptors (Lipinski definition) is 7. The molecule has 1 aliphatic rings. The molecule has 1 saturated heterocycles. The molecule has 4 rings (SSSR count). The highest BCUT2D eigenvalue weighted by atomic mass is 32.1. The first kappa shape index (κ1) is 16.8. The third kappa shape index (κ3) is 3.24. The average Bonchev–Trinajstić information content (AvgIpc) is 3.11. The van der Waals surface area contributed by atoms with Crippen LogP contribution in [0, 0.1) is 5.92 Å². The Morgan fingerprint density at radius 3 is 2.58 bits per heavy atom. The van der Waals surface area contributed by atoms with Crippen LogP contribution in [-0.4, -0.2) is 57.9 Å². The van der Waals surface area contributed by atoms with E-state index in [-0.39, 0.29) is 11.8 Å². The maximum Gasteiger partial charge on any atom is 0.225 e. The molecule has 7 nitrogen and oxygen atoms in total. The lowest BCUT2D eigenvalue weighted by Gasteiger charge is -2.32. The van der Waals surface area contributed by atoms with Gasteiger partial charge in [-0.25, -0.2) is 19.9 Å². The number of aromatic nitrogens is 4. The van der Waals surface area contributed by atoms with Gasteiger partial charge in [0.1, 0.15) is 16.7 Å². The van der Waals surface area contributed by atoms with Crippen LogP contribution in [0.2, 0.25) is 0 Å². The highest BCUT2D eigenvalue weighted by molar-refractivity contribution is 7.21. The minimum atomic E-state index is 0.124. The third-order valence-corrected chi connectivity index (χ3v) is 5.68. The molecule has 0 saturated carbocycles. The van der Waals surface area contributed by atoms with Gasteiger partial charge in [-0.1, -0.05) is 11.3 Å². The van der Waals surface area contributed by atoms with Crippen LogP contribution >= 0.6 is 11.3 Å². The lowest BCUT2D eigenvalue weighted by Crippen LogP contribution is -2.40. The number of amides is 1. The molecule has 0 radical (unpaired) electrons. The van der Waals surface area contributed by atoms with E-state index in [2.05, 4.69) is 14.9 Å². The topological polar surface area (TPSA) is 75.1 Å². The summed E-state index contributed by atoms with van der Waals surface area (Å²) in [6, 6.07) is 3.94. The van der Waals surface area contributed by atoms with Gasteiger partial charge in [-0.2, -0.15) is 0 Å². The van der Waals surface area contributed by atoms with E-state index in [0.29, 0.717) is 0 Å². The number of piperidine rings is 1. The molecule has 1 fully saturated rings. The Balaban J connectivity index is 1.52. The fourth-order valence-electron chi connectivity index (χ4n) is 3.22. The second-order valence-electron chi connectivity index (χ2n) is 6.64. The van der Waals surface area contributed by atoms with Crippen molar-refractivity contribution in [3.05, 3.63) is 30.9 Å². The maximum absolute atomic E-state index is 12.1. The summed E-state index contributed by atoms with van der Waals surface area (Å²) in [4.78, 5) is 34.5. The van der Waals surface area contributed by atoms with E-state index >= 15 is 0 Å². The number of anilines is 1. The van der Waals surface area contributed by atoms with Gasteiger partial charge in [0.15, 0.2) is 5.13 Å². The van der Waals surface area contributed by atoms with Crippen molar-refractivity contribution in [1.82, 2.24) is 24.8 Å². The number of hydrogen-bond donors (Lipinski definition) is 0. The SMILES string of the molecule is CN(C)C(=O)C1CCN(c2nc3ccc(-c4cncnc4)nc3s2)CC1. The van der Waals surface area contributed by atoms with E-state index in [9.17, 15) is 4.79 Å². The van der Waals surface area contributed by atoms with Gasteiger partial charge in [0.05, 0.1) is 5.69 Å². The summed E-state index contributed by atoms with van der Waals surface area (Å²) in [5.41, 5.74) is 2.65. The van der Waals surface area contributed by atoms with Gasteiger partial charge in [-0.3, -0.25) is 4.79 Å². The summed E-state index contributed by atoms with van der Waals surface area (Å²) >= 11 is 1.60. The molecule has 26 heavy (non-hydrogen) atoms. The fraction of sp³-hybridized carbons (Fsp3) is 0.389. The van der Waals surface area contributed by atoms with Gasteiger partial charge in [-0.15, -0.1) is 0 Å². The molecule has 0 aliphatic carbocycles. The Bertz CT molecular complexity index is 918. The summed E-state index contributed by atoms with van der Waals surface area (Å²) in [5.74, 6) is 0.351. The van der Waals surface area contributed by atoms with Gasteiger partial charge in [0.2, 0.25) is 5.91 Å². The summed E-state index contributed by atoms with van der Waals surface area (Å²) in [5, 5.41) is 0.977. The van der Waals surface area contributed by atoms with E-state index in [0.717, 1.165) is 52.7 Å². The molecule has 0 atom stereocenters. The number of rotatable bonds is 3. The van der Waals surface area contributed by atoms with E-state index in [1.54, 1.807) is 28.6 Å². The molecule has 4 heterocycles. The Morgan fingerprint density at radius 2 is 1.88 bits per heavy atom. The van der Waals surface area contributed by atoms with E-state index in [1.807, 2.05) is 26.2 Å². The van der Waals surface area contributed by atoms with Crippen LogP contribution < -0.4 is 4.90 Å². The second kappa shape index (κ2) is 6.95. The summed E-state index contributed by atoms with van der Waals surface area (Å²) in [6.07, 6.45) is 6.77. The summed E-state index contributed by atoms with van der Waals surface area (Å²) in [7, 11) is 3.65. The third-order valence-electron chi connectivity index (χ3n) is 4.66. The zero-order valence-electron chi connectivity index (χ0n) is 14.8. The van der Waals surface area contributed by atoms with Crippen LogP contribution in [0.4, 0.5) is 5.13 Å². The van der Waals surface area contributed by atoms with E-state index < -0.39 is 0 Å². The normalized spacial score (nSPS) is 15.4. The molecule has 0 unspecified atom stereocenters. The standard InChI is InChI=1S/C18H20N6OS/c1-23(2)17(25)12-5-7-24(8-6-12)18-22-15-4-3-14(21-16(15)26-18)13-9-19-11-20-10-13/h3-4,9-12H,5-8H2,1-2H3. The zero-order valence-corrected chi connectivity index (χ0v) is 15.6. The van der Waals surface area contributed by atoms with Crippen molar-refractivity contribution in [2.75, 3.05) is 32.1 Å². The van der Waals surface area contributed by atoms with Crippen molar-refractivity contribution in [2.24, 2.45) is 5.92 Å². The molecule has 1 aliphatic heterocycles. The van der Waals surface area contributed by atoms with Crippen molar-refractivity contribution in [3.8, 4) is 11.3 Å². The highest BCUT2D eigenvalue weighted by Gasteiger charge is 2.27. The molecule has 3 aromatic rings. The highest BCUT2D eigenvalue weighted by Crippen LogP contribution is 2.32. The molecule has 0 spiro atoms. The Morgan fingerprint density at radius 1 is 1.15 bits per heavy atom. The lowest BCUT2D eigenvalue weighted by atomic mass is 9.96. The lowest BCUT2D eigenvalue weighted by molar-refractivity contribution is -0.133. The minimum Gasteiger partial charge on any atom is -0.349 e. The van der Waals surface area contributed by atoms with E-state index in [1.165, 1.54) is 6.33 Å². The molecular weight excluding hydrogens is 348 g/mol. The Kier molecular flexibility index (Phi) is 4.50. The monoisotopic (exact) mass is 368 g/mol. The van der Waals surface area contributed by atoms with Crippen LogP contribution in [0.15, 0.2) is 30.9 Å². The fourth-order valence-corrected chi connectivity index (χ4v) is 4.21. The van der Waals surface area contributed by atoms with Gasteiger partial charge >= 0.3 is 0 Å². The Labute approximate surface area is 155 Å². The van der Waals surface area contributed by atoms with Gasteiger partial charge < -0.3 is 9.80 Å². The van der Waals surface area contributed by atoms with Gasteiger partial charge in [0.25, 0.3) is 0 Å². The zero-order chi connectivity index (χ0) is 18.1. The molecule has 8 heteroatoms. The van der Waals surface area contributed by atoms with E-state index in [4.69, 9.17) is 9.97 Å². The minimum absolute atomic E-state index is 0.124. The number of thiazole rings is 1. The number of nitrogens with zero attached hydrogens (tertiary/aromatic N) is 6. The molecule has 3 aromatic heterocycles. The molecule has 0 N–H and O–H groups in total. The number of pyridine rings is 1. The van der Waals surface area contributed by atoms with Crippen molar-refractivity contribution in [1.29, 1.82) is 0 Å². The van der Waals surface area contributed by atoms with Crippen LogP contribution in [-0.2, 0) is 4.79 Å². The van der Waals surface area contributed by atoms with Crippen LogP contribution in [0.5, 0.6) is 0 Å². The van der Waals surface area contributed by atoms with Gasteiger partial charge in [-0.05, 0) is 25.0 Å². The molecule has 1 amide bonds. The molecular formula is C18H20N6OS. The van der Waals surface area contributed by atoms with Crippen LogP contribution in [0.3, 0.4) is 0 Å². The Hall–Kier alpha value is -2.61. The van der Waals surface area contributed by atoms with Crippen molar-refractivity contribution >= 4 is 32.7 Å². The first-order valence-corrected chi connectivity index (χ1v) is 9.42. The average molecular weight is 368 g/mol.